The Morgan fingerprint density at radius 2 is 1.79 bits per heavy atom. The van der Waals surface area contributed by atoms with Crippen LogP contribution in [-0.2, 0) is 0 Å². The van der Waals surface area contributed by atoms with Crippen LogP contribution < -0.4 is 10.2 Å². The summed E-state index contributed by atoms with van der Waals surface area (Å²) in [5.74, 6) is 0.998. The van der Waals surface area contributed by atoms with Crippen LogP contribution in [0.1, 0.15) is 29.8 Å². The molecule has 1 amide bonds. The monoisotopic (exact) mass is 379 g/mol. The maximum absolute atomic E-state index is 12.1. The van der Waals surface area contributed by atoms with E-state index in [1.807, 2.05) is 6.07 Å². The molecule has 3 rings (SSSR count). The van der Waals surface area contributed by atoms with Gasteiger partial charge in [-0.15, -0.1) is 0 Å². The fourth-order valence-corrected chi connectivity index (χ4v) is 3.03. The third kappa shape index (κ3) is 5.89. The average Bonchev–Trinajstić information content (AvgIpc) is 2.73. The molecule has 1 aromatic heterocycles. The summed E-state index contributed by atoms with van der Waals surface area (Å²) in [7, 11) is 0. The van der Waals surface area contributed by atoms with Gasteiger partial charge >= 0.3 is 0 Å². The van der Waals surface area contributed by atoms with Crippen molar-refractivity contribution >= 4 is 17.9 Å². The van der Waals surface area contributed by atoms with Crippen LogP contribution >= 0.6 is 0 Å². The SMILES string of the molecule is CC(C)CNC(=O)c1cnc(N2CCN(C/C=C/c3ccccc3)CC2)nc1. The Balaban J connectivity index is 1.45. The van der Waals surface area contributed by atoms with Gasteiger partial charge in [0, 0.05) is 51.7 Å². The molecule has 1 N–H and O–H groups in total. The summed E-state index contributed by atoms with van der Waals surface area (Å²) in [6.45, 7) is 9.45. The zero-order valence-corrected chi connectivity index (χ0v) is 16.7. The zero-order chi connectivity index (χ0) is 19.8. The van der Waals surface area contributed by atoms with E-state index in [9.17, 15) is 4.79 Å². The summed E-state index contributed by atoms with van der Waals surface area (Å²) in [6, 6.07) is 10.4. The van der Waals surface area contributed by atoms with Gasteiger partial charge in [-0.05, 0) is 11.5 Å². The molecule has 0 spiro atoms. The van der Waals surface area contributed by atoms with Gasteiger partial charge < -0.3 is 10.2 Å². The predicted molar refractivity (Wildman–Crippen MR) is 113 cm³/mol. The normalized spacial score (nSPS) is 15.3. The van der Waals surface area contributed by atoms with Gasteiger partial charge in [-0.2, -0.15) is 0 Å². The topological polar surface area (TPSA) is 61.4 Å². The fraction of sp³-hybridized carbons (Fsp3) is 0.409. The molecule has 28 heavy (non-hydrogen) atoms. The molecule has 0 unspecified atom stereocenters. The molecule has 148 valence electrons. The predicted octanol–water partition coefficient (Wildman–Crippen LogP) is 2.70. The van der Waals surface area contributed by atoms with Gasteiger partial charge in [0.25, 0.3) is 5.91 Å². The van der Waals surface area contributed by atoms with E-state index in [2.05, 4.69) is 75.3 Å². The van der Waals surface area contributed by atoms with Gasteiger partial charge in [0.1, 0.15) is 0 Å². The molecule has 6 heteroatoms. The largest absolute Gasteiger partial charge is 0.352 e. The Kier molecular flexibility index (Phi) is 7.14. The molecule has 0 aliphatic carbocycles. The average molecular weight is 380 g/mol. The summed E-state index contributed by atoms with van der Waals surface area (Å²) >= 11 is 0. The second-order valence-corrected chi connectivity index (χ2v) is 7.48. The number of anilines is 1. The highest BCUT2D eigenvalue weighted by Gasteiger charge is 2.18. The first-order valence-electron chi connectivity index (χ1n) is 9.91. The first-order chi connectivity index (χ1) is 13.6. The third-order valence-corrected chi connectivity index (χ3v) is 4.70. The van der Waals surface area contributed by atoms with Crippen molar-refractivity contribution in [3.05, 3.63) is 59.9 Å². The van der Waals surface area contributed by atoms with E-state index in [0.29, 0.717) is 24.0 Å². The summed E-state index contributed by atoms with van der Waals surface area (Å²) in [4.78, 5) is 25.5. The number of hydrogen-bond acceptors (Lipinski definition) is 5. The van der Waals surface area contributed by atoms with Gasteiger partial charge in [-0.1, -0.05) is 56.3 Å². The van der Waals surface area contributed by atoms with E-state index in [1.165, 1.54) is 5.56 Å². The lowest BCUT2D eigenvalue weighted by Gasteiger charge is -2.34. The summed E-state index contributed by atoms with van der Waals surface area (Å²) < 4.78 is 0. The quantitative estimate of drug-likeness (QED) is 0.801. The summed E-state index contributed by atoms with van der Waals surface area (Å²) in [5.41, 5.74) is 1.74. The van der Waals surface area contributed by atoms with Crippen molar-refractivity contribution < 1.29 is 4.79 Å². The highest BCUT2D eigenvalue weighted by molar-refractivity contribution is 5.93. The molecular weight excluding hydrogens is 350 g/mol. The number of carbonyl (C=O) groups excluding carboxylic acids is 1. The molecule has 1 saturated heterocycles. The van der Waals surface area contributed by atoms with Crippen LogP contribution in [-0.4, -0.2) is 60.0 Å². The van der Waals surface area contributed by atoms with Crippen molar-refractivity contribution in [3.63, 3.8) is 0 Å². The number of hydrogen-bond donors (Lipinski definition) is 1. The minimum atomic E-state index is -0.115. The molecule has 1 aliphatic heterocycles. The van der Waals surface area contributed by atoms with Crippen molar-refractivity contribution in [2.24, 2.45) is 5.92 Å². The van der Waals surface area contributed by atoms with Gasteiger partial charge in [-0.3, -0.25) is 9.69 Å². The Labute approximate surface area is 167 Å². The van der Waals surface area contributed by atoms with Crippen molar-refractivity contribution in [1.82, 2.24) is 20.2 Å². The molecular formula is C22H29N5O. The minimum absolute atomic E-state index is 0.115. The number of aromatic nitrogens is 2. The first kappa shape index (κ1) is 20.0. The van der Waals surface area contributed by atoms with Crippen LogP contribution in [0.2, 0.25) is 0 Å². The highest BCUT2D eigenvalue weighted by Crippen LogP contribution is 2.11. The molecule has 1 aromatic carbocycles. The number of rotatable bonds is 7. The van der Waals surface area contributed by atoms with Crippen LogP contribution in [0, 0.1) is 5.92 Å². The lowest BCUT2D eigenvalue weighted by molar-refractivity contribution is 0.0948. The molecule has 6 nitrogen and oxygen atoms in total. The molecule has 2 aromatic rings. The van der Waals surface area contributed by atoms with Gasteiger partial charge in [0.2, 0.25) is 5.95 Å². The maximum Gasteiger partial charge on any atom is 0.254 e. The summed E-state index contributed by atoms with van der Waals surface area (Å²) in [5, 5.41) is 2.89. The number of nitrogens with one attached hydrogen (secondary N) is 1. The zero-order valence-electron chi connectivity index (χ0n) is 16.7. The van der Waals surface area contributed by atoms with Gasteiger partial charge in [-0.25, -0.2) is 9.97 Å². The molecule has 2 heterocycles. The first-order valence-corrected chi connectivity index (χ1v) is 9.91. The van der Waals surface area contributed by atoms with E-state index in [1.54, 1.807) is 12.4 Å². The Morgan fingerprint density at radius 1 is 1.11 bits per heavy atom. The Morgan fingerprint density at radius 3 is 2.43 bits per heavy atom. The van der Waals surface area contributed by atoms with E-state index >= 15 is 0 Å². The number of amides is 1. The lowest BCUT2D eigenvalue weighted by atomic mass is 10.2. The summed E-state index contributed by atoms with van der Waals surface area (Å²) in [6.07, 6.45) is 7.62. The Bertz CT molecular complexity index is 765. The van der Waals surface area contributed by atoms with E-state index in [-0.39, 0.29) is 5.91 Å². The molecule has 0 atom stereocenters. The van der Waals surface area contributed by atoms with Crippen LogP contribution in [0.3, 0.4) is 0 Å². The number of piperazine rings is 1. The van der Waals surface area contributed by atoms with Crippen LogP contribution in [0.15, 0.2) is 48.8 Å². The molecule has 1 fully saturated rings. The second kappa shape index (κ2) is 9.99. The van der Waals surface area contributed by atoms with Crippen molar-refractivity contribution in [2.45, 2.75) is 13.8 Å². The third-order valence-electron chi connectivity index (χ3n) is 4.70. The number of carbonyl (C=O) groups is 1. The van der Waals surface area contributed by atoms with Crippen molar-refractivity contribution in [1.29, 1.82) is 0 Å². The van der Waals surface area contributed by atoms with E-state index < -0.39 is 0 Å². The second-order valence-electron chi connectivity index (χ2n) is 7.48. The standard InChI is InChI=1S/C22H29N5O/c1-18(2)15-23-21(28)20-16-24-22(25-17-20)27-13-11-26(12-14-27)10-6-9-19-7-4-3-5-8-19/h3-9,16-18H,10-15H2,1-2H3,(H,23,28)/b9-6+. The fourth-order valence-electron chi connectivity index (χ4n) is 3.03. The van der Waals surface area contributed by atoms with Gasteiger partial charge in [0.05, 0.1) is 5.56 Å². The molecule has 0 radical (unpaired) electrons. The molecule has 1 aliphatic rings. The van der Waals surface area contributed by atoms with E-state index in [0.717, 1.165) is 32.7 Å². The van der Waals surface area contributed by atoms with Crippen LogP contribution in [0.4, 0.5) is 5.95 Å². The van der Waals surface area contributed by atoms with Crippen LogP contribution in [0.5, 0.6) is 0 Å². The minimum Gasteiger partial charge on any atom is -0.352 e. The van der Waals surface area contributed by atoms with Crippen molar-refractivity contribution in [3.8, 4) is 0 Å². The Hall–Kier alpha value is -2.73. The highest BCUT2D eigenvalue weighted by atomic mass is 16.1. The maximum atomic E-state index is 12.1. The number of benzene rings is 1. The molecule has 0 bridgehead atoms. The van der Waals surface area contributed by atoms with E-state index in [4.69, 9.17) is 0 Å². The molecule has 0 saturated carbocycles. The number of nitrogens with zero attached hydrogens (tertiary/aromatic N) is 4. The van der Waals surface area contributed by atoms with Crippen LogP contribution in [0.25, 0.3) is 6.08 Å². The smallest absolute Gasteiger partial charge is 0.254 e. The van der Waals surface area contributed by atoms with Crippen molar-refractivity contribution in [2.75, 3.05) is 44.2 Å². The lowest BCUT2D eigenvalue weighted by Crippen LogP contribution is -2.47. The van der Waals surface area contributed by atoms with Gasteiger partial charge in [0.15, 0.2) is 0 Å².